The molecule has 0 aromatic heterocycles. The Labute approximate surface area is 240 Å². The molecule has 0 spiro atoms. The van der Waals surface area contributed by atoms with Crippen molar-refractivity contribution < 1.29 is 0 Å². The third kappa shape index (κ3) is 4.12. The van der Waals surface area contributed by atoms with Crippen molar-refractivity contribution in [2.75, 3.05) is 0 Å². The fourth-order valence-corrected chi connectivity index (χ4v) is 14.3. The molecule has 0 unspecified atom stereocenters. The molecule has 1 heteroatoms. The SMILES string of the molecule is C=CCc1ccccc1P(c1ccccc1)(c1ccccc1)(c1ccccc1CC=C)c1ccccc1CC=C. The number of benzene rings is 5. The van der Waals surface area contributed by atoms with E-state index < -0.39 is 6.60 Å². The van der Waals surface area contributed by atoms with Gasteiger partial charge in [0.1, 0.15) is 0 Å². The van der Waals surface area contributed by atoms with E-state index in [1.807, 2.05) is 18.2 Å². The first kappa shape index (κ1) is 27.3. The average molecular weight is 537 g/mol. The summed E-state index contributed by atoms with van der Waals surface area (Å²) < 4.78 is 0. The van der Waals surface area contributed by atoms with E-state index in [4.69, 9.17) is 0 Å². The van der Waals surface area contributed by atoms with Gasteiger partial charge >= 0.3 is 241 Å². The van der Waals surface area contributed by atoms with Gasteiger partial charge in [-0.05, 0) is 0 Å². The molecule has 5 aromatic rings. The molecule has 5 rings (SSSR count). The van der Waals surface area contributed by atoms with E-state index in [0.29, 0.717) is 0 Å². The minimum absolute atomic E-state index is 0.779. The van der Waals surface area contributed by atoms with Gasteiger partial charge in [-0.25, -0.2) is 0 Å². The first-order chi connectivity index (χ1) is 19.7. The second-order valence-electron chi connectivity index (χ2n) is 10.2. The molecule has 0 saturated heterocycles. The molecule has 0 saturated carbocycles. The Bertz CT molecular complexity index is 1450. The maximum atomic E-state index is 4.17. The average Bonchev–Trinajstić information content (AvgIpc) is 3.01. The summed E-state index contributed by atoms with van der Waals surface area (Å²) >= 11 is 0. The van der Waals surface area contributed by atoms with Crippen LogP contribution in [0.3, 0.4) is 0 Å². The van der Waals surface area contributed by atoms with Gasteiger partial charge in [-0.15, -0.1) is 0 Å². The van der Waals surface area contributed by atoms with Crippen molar-refractivity contribution >= 4 is 33.1 Å². The molecule has 0 fully saturated rings. The van der Waals surface area contributed by atoms with Crippen LogP contribution in [-0.2, 0) is 19.3 Å². The first-order valence-corrected chi connectivity index (χ1v) is 16.2. The summed E-state index contributed by atoms with van der Waals surface area (Å²) in [7, 11) is 0. The summed E-state index contributed by atoms with van der Waals surface area (Å²) in [5, 5.41) is 6.73. The zero-order chi connectivity index (χ0) is 27.9. The molecule has 0 aliphatic heterocycles. The van der Waals surface area contributed by atoms with Crippen LogP contribution in [-0.4, -0.2) is 0 Å². The number of hydrogen-bond acceptors (Lipinski definition) is 0. The van der Waals surface area contributed by atoms with Crippen molar-refractivity contribution in [1.82, 2.24) is 0 Å². The van der Waals surface area contributed by atoms with Crippen LogP contribution in [0.4, 0.5) is 0 Å². The van der Waals surface area contributed by atoms with E-state index in [9.17, 15) is 0 Å². The third-order valence-corrected chi connectivity index (χ3v) is 14.9. The van der Waals surface area contributed by atoms with Gasteiger partial charge in [0, 0.05) is 0 Å². The van der Waals surface area contributed by atoms with Crippen LogP contribution in [0.15, 0.2) is 171 Å². The molecule has 0 nitrogen and oxygen atoms in total. The number of allylic oxidation sites excluding steroid dienone is 3. The van der Waals surface area contributed by atoms with Gasteiger partial charge in [0.25, 0.3) is 0 Å². The van der Waals surface area contributed by atoms with E-state index >= 15 is 0 Å². The molecule has 0 aliphatic rings. The van der Waals surface area contributed by atoms with Crippen molar-refractivity contribution in [3.8, 4) is 0 Å². The molecular formula is C39H37P. The van der Waals surface area contributed by atoms with E-state index in [1.165, 1.54) is 43.2 Å². The Morgan fingerprint density at radius 3 is 0.950 bits per heavy atom. The second-order valence-corrected chi connectivity index (χ2v) is 14.9. The summed E-state index contributed by atoms with van der Waals surface area (Å²) in [6.07, 6.45) is 8.44. The van der Waals surface area contributed by atoms with Gasteiger partial charge in [0.05, 0.1) is 0 Å². The van der Waals surface area contributed by atoms with Crippen molar-refractivity contribution in [3.05, 3.63) is 188 Å². The van der Waals surface area contributed by atoms with Crippen LogP contribution in [0.25, 0.3) is 0 Å². The summed E-state index contributed by atoms with van der Waals surface area (Å²) in [6.45, 7) is 8.86. The third-order valence-electron chi connectivity index (χ3n) is 8.06. The van der Waals surface area contributed by atoms with Gasteiger partial charge < -0.3 is 0 Å². The van der Waals surface area contributed by atoms with Gasteiger partial charge in [-0.2, -0.15) is 0 Å². The van der Waals surface area contributed by atoms with Gasteiger partial charge in [-0.3, -0.25) is 0 Å². The molecule has 0 bridgehead atoms. The summed E-state index contributed by atoms with van der Waals surface area (Å²) in [5.74, 6) is 0. The van der Waals surface area contributed by atoms with Crippen molar-refractivity contribution in [3.63, 3.8) is 0 Å². The zero-order valence-corrected chi connectivity index (χ0v) is 24.0. The van der Waals surface area contributed by atoms with Gasteiger partial charge in [0.15, 0.2) is 0 Å². The van der Waals surface area contributed by atoms with Gasteiger partial charge in [0.2, 0.25) is 0 Å². The number of rotatable bonds is 11. The zero-order valence-electron chi connectivity index (χ0n) is 23.1. The predicted octanol–water partition coefficient (Wildman–Crippen LogP) is 7.35. The number of hydrogen-bond donors (Lipinski definition) is 0. The Balaban J connectivity index is 2.24. The van der Waals surface area contributed by atoms with Crippen LogP contribution in [0.5, 0.6) is 0 Å². The standard InChI is InChI=1S/C39H37P/c1-4-19-32-22-13-16-29-37(32)40(35-25-9-7-10-26-35,36-27-11-8-12-28-36,38-30-17-14-23-33(38)20-5-2)39-31-18-15-24-34(39)21-6-3/h4-18,22-31H,1-3,19-21H2. The van der Waals surface area contributed by atoms with Crippen molar-refractivity contribution in [1.29, 1.82) is 0 Å². The van der Waals surface area contributed by atoms with Crippen molar-refractivity contribution in [2.45, 2.75) is 19.3 Å². The summed E-state index contributed by atoms with van der Waals surface area (Å²) in [5.41, 5.74) is 3.89. The Morgan fingerprint density at radius 1 is 0.375 bits per heavy atom. The maximum absolute atomic E-state index is 4.17. The molecule has 198 valence electrons. The van der Waals surface area contributed by atoms with Crippen molar-refractivity contribution in [2.24, 2.45) is 0 Å². The van der Waals surface area contributed by atoms with E-state index in [-0.39, 0.29) is 0 Å². The van der Waals surface area contributed by atoms with Crippen LogP contribution >= 0.6 is 6.60 Å². The fourth-order valence-electron chi connectivity index (χ4n) is 6.65. The summed E-state index contributed by atoms with van der Waals surface area (Å²) in [6, 6.07) is 49.6. The van der Waals surface area contributed by atoms with Crippen LogP contribution in [0.2, 0.25) is 0 Å². The van der Waals surface area contributed by atoms with E-state index in [0.717, 1.165) is 19.3 Å². The molecule has 0 heterocycles. The second kappa shape index (κ2) is 11.9. The minimum atomic E-state index is -3.67. The fraction of sp³-hybridized carbons (Fsp3) is 0.0769. The summed E-state index contributed by atoms with van der Waals surface area (Å²) in [4.78, 5) is 0. The molecule has 0 radical (unpaired) electrons. The Kier molecular flexibility index (Phi) is 8.11. The Hall–Kier alpha value is -4.25. The molecule has 5 aromatic carbocycles. The molecule has 0 amide bonds. The van der Waals surface area contributed by atoms with E-state index in [1.54, 1.807) is 0 Å². The molecule has 0 aliphatic carbocycles. The normalized spacial score (nSPS) is 12.2. The quantitative estimate of drug-likeness (QED) is 0.122. The van der Waals surface area contributed by atoms with Crippen LogP contribution in [0, 0.1) is 0 Å². The van der Waals surface area contributed by atoms with Crippen LogP contribution < -0.4 is 26.5 Å². The first-order valence-electron chi connectivity index (χ1n) is 13.9. The molecule has 0 N–H and O–H groups in total. The molecule has 0 atom stereocenters. The van der Waals surface area contributed by atoms with Crippen LogP contribution in [0.1, 0.15) is 16.7 Å². The molecule has 40 heavy (non-hydrogen) atoms. The predicted molar refractivity (Wildman–Crippen MR) is 179 cm³/mol. The topological polar surface area (TPSA) is 0 Å². The van der Waals surface area contributed by atoms with E-state index in [2.05, 4.69) is 153 Å². The Morgan fingerprint density at radius 2 is 0.650 bits per heavy atom. The monoisotopic (exact) mass is 536 g/mol. The van der Waals surface area contributed by atoms with Gasteiger partial charge in [-0.1, -0.05) is 0 Å². The molecular weight excluding hydrogens is 499 g/mol.